The minimum atomic E-state index is -0.596. The zero-order chi connectivity index (χ0) is 19.1. The molecule has 27 heavy (non-hydrogen) atoms. The van der Waals surface area contributed by atoms with Gasteiger partial charge in [0.2, 0.25) is 0 Å². The smallest absolute Gasteiger partial charge is 0.261 e. The fourth-order valence-corrected chi connectivity index (χ4v) is 3.36. The number of benzene rings is 2. The average Bonchev–Trinajstić information content (AvgIpc) is 3.19. The van der Waals surface area contributed by atoms with E-state index in [1.165, 1.54) is 42.7 Å². The summed E-state index contributed by atoms with van der Waals surface area (Å²) in [6, 6.07) is 14.0. The molecule has 1 N–H and O–H groups in total. The monoisotopic (exact) mass is 370 g/mol. The number of carbonyl (C=O) groups excluding carboxylic acids is 1. The fraction of sp³-hybridized carbons (Fsp3) is 0.409. The first kappa shape index (κ1) is 19.4. The van der Waals surface area contributed by atoms with Gasteiger partial charge >= 0.3 is 0 Å². The van der Waals surface area contributed by atoms with Crippen LogP contribution in [0.4, 0.5) is 4.39 Å². The van der Waals surface area contributed by atoms with Gasteiger partial charge in [-0.15, -0.1) is 0 Å². The fourth-order valence-electron chi connectivity index (χ4n) is 3.36. The molecule has 2 aromatic carbocycles. The van der Waals surface area contributed by atoms with Crippen molar-refractivity contribution in [2.75, 3.05) is 13.1 Å². The molecule has 1 atom stereocenters. The summed E-state index contributed by atoms with van der Waals surface area (Å²) in [5.41, 5.74) is 2.39. The molecule has 1 fully saturated rings. The first-order valence-electron chi connectivity index (χ1n) is 9.65. The highest BCUT2D eigenvalue weighted by atomic mass is 19.1. The second kappa shape index (κ2) is 9.51. The van der Waals surface area contributed by atoms with Crippen LogP contribution in [0, 0.1) is 5.82 Å². The number of nitrogens with one attached hydrogen (secondary N) is 1. The topological polar surface area (TPSA) is 41.6 Å². The second-order valence-corrected chi connectivity index (χ2v) is 6.94. The van der Waals surface area contributed by atoms with Crippen LogP contribution in [0.25, 0.3) is 0 Å². The lowest BCUT2D eigenvalue weighted by Crippen LogP contribution is -2.37. The normalized spacial score (nSPS) is 15.5. The van der Waals surface area contributed by atoms with Crippen LogP contribution >= 0.6 is 0 Å². The summed E-state index contributed by atoms with van der Waals surface area (Å²) >= 11 is 0. The van der Waals surface area contributed by atoms with Crippen molar-refractivity contribution < 1.29 is 13.9 Å². The first-order chi connectivity index (χ1) is 13.2. The summed E-state index contributed by atoms with van der Waals surface area (Å²) in [4.78, 5) is 15.0. The van der Waals surface area contributed by atoms with Crippen molar-refractivity contribution in [2.45, 2.75) is 45.4 Å². The van der Waals surface area contributed by atoms with Gasteiger partial charge in [0.05, 0.1) is 0 Å². The lowest BCUT2D eigenvalue weighted by Gasteiger charge is -2.20. The van der Waals surface area contributed by atoms with Crippen LogP contribution in [0.15, 0.2) is 48.5 Å². The van der Waals surface area contributed by atoms with E-state index in [0.29, 0.717) is 18.7 Å². The summed E-state index contributed by atoms with van der Waals surface area (Å²) < 4.78 is 18.7. The third-order valence-corrected chi connectivity index (χ3v) is 4.92. The van der Waals surface area contributed by atoms with E-state index in [9.17, 15) is 9.18 Å². The maximum atomic E-state index is 13.0. The molecule has 3 rings (SSSR count). The van der Waals surface area contributed by atoms with E-state index in [0.717, 1.165) is 25.2 Å². The molecule has 4 nitrogen and oxygen atoms in total. The Morgan fingerprint density at radius 3 is 2.44 bits per heavy atom. The Morgan fingerprint density at radius 1 is 1.11 bits per heavy atom. The molecule has 1 amide bonds. The lowest BCUT2D eigenvalue weighted by atomic mass is 10.1. The summed E-state index contributed by atoms with van der Waals surface area (Å²) in [5.74, 6) is 0.0140. The number of ether oxygens (including phenoxy) is 1. The minimum absolute atomic E-state index is 0.155. The highest BCUT2D eigenvalue weighted by Crippen LogP contribution is 2.17. The van der Waals surface area contributed by atoms with Crippen LogP contribution in [0.3, 0.4) is 0 Å². The summed E-state index contributed by atoms with van der Waals surface area (Å²) in [5, 5.41) is 2.99. The molecule has 0 saturated carbocycles. The Labute approximate surface area is 160 Å². The van der Waals surface area contributed by atoms with Gasteiger partial charge in [0, 0.05) is 13.1 Å². The van der Waals surface area contributed by atoms with Gasteiger partial charge in [-0.1, -0.05) is 31.2 Å². The molecule has 1 aliphatic heterocycles. The Bertz CT molecular complexity index is 742. The first-order valence-corrected chi connectivity index (χ1v) is 9.65. The lowest BCUT2D eigenvalue weighted by molar-refractivity contribution is -0.128. The number of hydrogen-bond donors (Lipinski definition) is 1. The molecular weight excluding hydrogens is 343 g/mol. The summed E-state index contributed by atoms with van der Waals surface area (Å²) in [7, 11) is 0. The van der Waals surface area contributed by atoms with Gasteiger partial charge in [0.15, 0.2) is 6.10 Å². The van der Waals surface area contributed by atoms with E-state index in [2.05, 4.69) is 22.3 Å². The maximum Gasteiger partial charge on any atom is 0.261 e. The number of likely N-dealkylation sites (tertiary alicyclic amines) is 1. The molecule has 0 spiro atoms. The van der Waals surface area contributed by atoms with Crippen LogP contribution in [0.2, 0.25) is 0 Å². The van der Waals surface area contributed by atoms with Crippen molar-refractivity contribution in [3.63, 3.8) is 0 Å². The molecular formula is C22H27FN2O2. The molecule has 144 valence electrons. The van der Waals surface area contributed by atoms with Crippen molar-refractivity contribution in [2.24, 2.45) is 0 Å². The Hall–Kier alpha value is -2.40. The SMILES string of the molecule is CCC(Oc1ccc(F)cc1)C(=O)NCc1ccccc1CN1CCCC1. The standard InChI is InChI=1S/C22H27FN2O2/c1-2-21(27-20-11-9-19(23)10-12-20)22(26)24-15-17-7-3-4-8-18(17)16-25-13-5-6-14-25/h3-4,7-12,21H,2,5-6,13-16H2,1H3,(H,24,26). The van der Waals surface area contributed by atoms with Gasteiger partial charge in [-0.05, 0) is 67.7 Å². The summed E-state index contributed by atoms with van der Waals surface area (Å²) in [6.07, 6.45) is 2.47. The Balaban J connectivity index is 1.58. The van der Waals surface area contributed by atoms with Gasteiger partial charge in [0.25, 0.3) is 5.91 Å². The summed E-state index contributed by atoms with van der Waals surface area (Å²) in [6.45, 7) is 5.59. The van der Waals surface area contributed by atoms with E-state index in [-0.39, 0.29) is 11.7 Å². The van der Waals surface area contributed by atoms with E-state index in [1.807, 2.05) is 19.1 Å². The van der Waals surface area contributed by atoms with E-state index in [4.69, 9.17) is 4.74 Å². The maximum absolute atomic E-state index is 13.0. The van der Waals surface area contributed by atoms with Gasteiger partial charge in [0.1, 0.15) is 11.6 Å². The number of hydrogen-bond acceptors (Lipinski definition) is 3. The molecule has 0 bridgehead atoms. The minimum Gasteiger partial charge on any atom is -0.481 e. The largest absolute Gasteiger partial charge is 0.481 e. The quantitative estimate of drug-likeness (QED) is 0.766. The molecule has 5 heteroatoms. The number of halogens is 1. The van der Waals surface area contributed by atoms with Crippen LogP contribution in [-0.2, 0) is 17.9 Å². The second-order valence-electron chi connectivity index (χ2n) is 6.94. The van der Waals surface area contributed by atoms with Crippen molar-refractivity contribution >= 4 is 5.91 Å². The Kier molecular flexibility index (Phi) is 6.82. The van der Waals surface area contributed by atoms with Gasteiger partial charge in [-0.2, -0.15) is 0 Å². The van der Waals surface area contributed by atoms with E-state index >= 15 is 0 Å². The Morgan fingerprint density at radius 2 is 1.78 bits per heavy atom. The van der Waals surface area contributed by atoms with Crippen LogP contribution in [-0.4, -0.2) is 30.0 Å². The molecule has 1 unspecified atom stereocenters. The van der Waals surface area contributed by atoms with Gasteiger partial charge in [-0.25, -0.2) is 4.39 Å². The molecule has 0 aromatic heterocycles. The van der Waals surface area contributed by atoms with Crippen molar-refractivity contribution in [1.82, 2.24) is 10.2 Å². The van der Waals surface area contributed by atoms with Crippen LogP contribution in [0.1, 0.15) is 37.3 Å². The van der Waals surface area contributed by atoms with E-state index < -0.39 is 6.10 Å². The van der Waals surface area contributed by atoms with Crippen LogP contribution < -0.4 is 10.1 Å². The molecule has 1 heterocycles. The molecule has 1 aliphatic rings. The highest BCUT2D eigenvalue weighted by Gasteiger charge is 2.19. The zero-order valence-electron chi connectivity index (χ0n) is 15.8. The highest BCUT2D eigenvalue weighted by molar-refractivity contribution is 5.81. The van der Waals surface area contributed by atoms with Crippen LogP contribution in [0.5, 0.6) is 5.75 Å². The molecule has 0 aliphatic carbocycles. The third-order valence-electron chi connectivity index (χ3n) is 4.92. The van der Waals surface area contributed by atoms with Gasteiger partial charge in [-0.3, -0.25) is 9.69 Å². The third kappa shape index (κ3) is 5.54. The number of nitrogens with zero attached hydrogens (tertiary/aromatic N) is 1. The average molecular weight is 370 g/mol. The van der Waals surface area contributed by atoms with E-state index in [1.54, 1.807) is 0 Å². The molecule has 2 aromatic rings. The molecule has 1 saturated heterocycles. The van der Waals surface area contributed by atoms with Crippen molar-refractivity contribution in [3.8, 4) is 5.75 Å². The van der Waals surface area contributed by atoms with Crippen molar-refractivity contribution in [1.29, 1.82) is 0 Å². The van der Waals surface area contributed by atoms with Crippen molar-refractivity contribution in [3.05, 3.63) is 65.5 Å². The number of rotatable bonds is 8. The van der Waals surface area contributed by atoms with Gasteiger partial charge < -0.3 is 10.1 Å². The molecule has 0 radical (unpaired) electrons. The predicted octanol–water partition coefficient (Wildman–Crippen LogP) is 3.90. The zero-order valence-corrected chi connectivity index (χ0v) is 15.8. The predicted molar refractivity (Wildman–Crippen MR) is 104 cm³/mol. The number of carbonyl (C=O) groups is 1. The number of amides is 1.